The molecule has 0 amide bonds. The minimum atomic E-state index is 0. The van der Waals surface area contributed by atoms with Crippen LogP contribution in [-0.2, 0) is 6.42 Å². The topological polar surface area (TPSA) is 12.0 Å². The monoisotopic (exact) mass is 261 g/mol. The average Bonchev–Trinajstić information content (AvgIpc) is 2.21. The van der Waals surface area contributed by atoms with Crippen molar-refractivity contribution in [2.45, 2.75) is 25.8 Å². The van der Waals surface area contributed by atoms with Crippen LogP contribution in [0.25, 0.3) is 0 Å². The van der Waals surface area contributed by atoms with Gasteiger partial charge in [-0.3, -0.25) is 0 Å². The Hall–Kier alpha value is -0.210. The molecule has 1 N–H and O–H groups in total. The van der Waals surface area contributed by atoms with Crippen LogP contribution in [0.3, 0.4) is 0 Å². The molecule has 1 aromatic carbocycles. The molecular formula is C10H13BrClN. The Morgan fingerprint density at radius 1 is 1.38 bits per heavy atom. The number of fused-ring (bicyclic) bond motifs is 1. The molecule has 0 spiro atoms. The molecular weight excluding hydrogens is 249 g/mol. The van der Waals surface area contributed by atoms with Gasteiger partial charge >= 0.3 is 0 Å². The molecule has 0 atom stereocenters. The van der Waals surface area contributed by atoms with Gasteiger partial charge in [-0.05, 0) is 44.0 Å². The fourth-order valence-corrected chi connectivity index (χ4v) is 2.12. The fraction of sp³-hybridized carbons (Fsp3) is 0.400. The van der Waals surface area contributed by atoms with Gasteiger partial charge in [0.05, 0.1) is 0 Å². The zero-order valence-electron chi connectivity index (χ0n) is 7.73. The molecule has 1 heterocycles. The molecule has 1 aliphatic heterocycles. The maximum absolute atomic E-state index is 3.48. The van der Waals surface area contributed by atoms with E-state index in [2.05, 4.69) is 53.3 Å². The zero-order chi connectivity index (χ0) is 8.77. The summed E-state index contributed by atoms with van der Waals surface area (Å²) in [4.78, 5) is 0. The third-order valence-corrected chi connectivity index (χ3v) is 2.67. The highest BCUT2D eigenvalue weighted by Gasteiger charge is 2.26. The smallest absolute Gasteiger partial charge is 0.0378 e. The number of rotatable bonds is 0. The van der Waals surface area contributed by atoms with E-state index in [1.165, 1.54) is 15.7 Å². The van der Waals surface area contributed by atoms with E-state index in [9.17, 15) is 0 Å². The van der Waals surface area contributed by atoms with Crippen LogP contribution in [-0.4, -0.2) is 5.54 Å². The van der Waals surface area contributed by atoms with Crippen molar-refractivity contribution in [3.63, 3.8) is 0 Å². The van der Waals surface area contributed by atoms with Gasteiger partial charge in [-0.15, -0.1) is 12.4 Å². The molecule has 72 valence electrons. The van der Waals surface area contributed by atoms with Crippen molar-refractivity contribution in [1.29, 1.82) is 0 Å². The Balaban J connectivity index is 0.000000845. The summed E-state index contributed by atoms with van der Waals surface area (Å²) in [6.07, 6.45) is 1.11. The Labute approximate surface area is 93.5 Å². The van der Waals surface area contributed by atoms with Gasteiger partial charge in [-0.25, -0.2) is 0 Å². The van der Waals surface area contributed by atoms with Crippen LogP contribution in [0.4, 0.5) is 5.69 Å². The number of hydrogen-bond donors (Lipinski definition) is 1. The highest BCUT2D eigenvalue weighted by Crippen LogP contribution is 2.33. The summed E-state index contributed by atoms with van der Waals surface area (Å²) in [6, 6.07) is 6.40. The van der Waals surface area contributed by atoms with E-state index >= 15 is 0 Å². The van der Waals surface area contributed by atoms with Crippen LogP contribution in [0.1, 0.15) is 19.4 Å². The summed E-state index contributed by atoms with van der Waals surface area (Å²) in [5.41, 5.74) is 2.92. The van der Waals surface area contributed by atoms with Crippen LogP contribution < -0.4 is 5.32 Å². The number of hydrogen-bond acceptors (Lipinski definition) is 1. The maximum Gasteiger partial charge on any atom is 0.0378 e. The summed E-state index contributed by atoms with van der Waals surface area (Å²) in [5.74, 6) is 0. The van der Waals surface area contributed by atoms with Crippen LogP contribution in [0, 0.1) is 0 Å². The standard InChI is InChI=1S/C10H12BrN.ClH/c1-10(2)6-7-5-8(11)3-4-9(7)12-10;/h3-5,12H,6H2,1-2H3;1H. The molecule has 1 nitrogen and oxygen atoms in total. The summed E-state index contributed by atoms with van der Waals surface area (Å²) >= 11 is 3.47. The second-order valence-corrected chi connectivity index (χ2v) is 4.90. The van der Waals surface area contributed by atoms with Gasteiger partial charge in [0.2, 0.25) is 0 Å². The summed E-state index contributed by atoms with van der Waals surface area (Å²) in [7, 11) is 0. The lowest BCUT2D eigenvalue weighted by molar-refractivity contribution is 0.594. The first-order valence-electron chi connectivity index (χ1n) is 4.13. The molecule has 0 bridgehead atoms. The van der Waals surface area contributed by atoms with E-state index in [1.807, 2.05) is 0 Å². The third kappa shape index (κ3) is 2.18. The third-order valence-electron chi connectivity index (χ3n) is 2.17. The Morgan fingerprint density at radius 3 is 2.77 bits per heavy atom. The largest absolute Gasteiger partial charge is 0.380 e. The van der Waals surface area contributed by atoms with E-state index in [4.69, 9.17) is 0 Å². The Kier molecular flexibility index (Phi) is 2.93. The van der Waals surface area contributed by atoms with E-state index in [-0.39, 0.29) is 17.9 Å². The lowest BCUT2D eigenvalue weighted by Gasteiger charge is -2.17. The number of anilines is 1. The zero-order valence-corrected chi connectivity index (χ0v) is 10.1. The molecule has 1 aromatic rings. The fourth-order valence-electron chi connectivity index (χ4n) is 1.72. The first-order valence-corrected chi connectivity index (χ1v) is 4.93. The van der Waals surface area contributed by atoms with Gasteiger partial charge in [0.1, 0.15) is 0 Å². The van der Waals surface area contributed by atoms with Crippen LogP contribution >= 0.6 is 28.3 Å². The van der Waals surface area contributed by atoms with E-state index in [1.54, 1.807) is 0 Å². The van der Waals surface area contributed by atoms with Crippen molar-refractivity contribution in [2.75, 3.05) is 5.32 Å². The van der Waals surface area contributed by atoms with Gasteiger partial charge in [0, 0.05) is 15.7 Å². The predicted molar refractivity (Wildman–Crippen MR) is 62.8 cm³/mol. The van der Waals surface area contributed by atoms with Gasteiger partial charge in [-0.1, -0.05) is 15.9 Å². The molecule has 1 aliphatic rings. The molecule has 0 unspecified atom stereocenters. The molecule has 3 heteroatoms. The van der Waals surface area contributed by atoms with Crippen molar-refractivity contribution in [1.82, 2.24) is 0 Å². The van der Waals surface area contributed by atoms with Crippen LogP contribution in [0.5, 0.6) is 0 Å². The van der Waals surface area contributed by atoms with Crippen molar-refractivity contribution in [2.24, 2.45) is 0 Å². The Morgan fingerprint density at radius 2 is 2.08 bits per heavy atom. The molecule has 0 aliphatic carbocycles. The molecule has 0 radical (unpaired) electrons. The minimum absolute atomic E-state index is 0. The molecule has 0 saturated carbocycles. The Bertz CT molecular complexity index is 323. The van der Waals surface area contributed by atoms with Crippen molar-refractivity contribution in [3.05, 3.63) is 28.2 Å². The molecule has 0 saturated heterocycles. The van der Waals surface area contributed by atoms with Crippen molar-refractivity contribution in [3.8, 4) is 0 Å². The first-order chi connectivity index (χ1) is 5.57. The molecule has 0 fully saturated rings. The van der Waals surface area contributed by atoms with Gasteiger partial charge in [0.25, 0.3) is 0 Å². The maximum atomic E-state index is 3.48. The predicted octanol–water partition coefficient (Wildman–Crippen LogP) is 3.62. The van der Waals surface area contributed by atoms with E-state index < -0.39 is 0 Å². The summed E-state index contributed by atoms with van der Waals surface area (Å²) < 4.78 is 1.17. The average molecular weight is 263 g/mol. The van der Waals surface area contributed by atoms with E-state index in [0.29, 0.717) is 0 Å². The minimum Gasteiger partial charge on any atom is -0.380 e. The first kappa shape index (κ1) is 10.9. The SMILES string of the molecule is CC1(C)Cc2cc(Br)ccc2N1.Cl. The summed E-state index contributed by atoms with van der Waals surface area (Å²) in [5, 5.41) is 3.48. The van der Waals surface area contributed by atoms with Crippen LogP contribution in [0.2, 0.25) is 0 Å². The van der Waals surface area contributed by atoms with E-state index in [0.717, 1.165) is 6.42 Å². The highest BCUT2D eigenvalue weighted by atomic mass is 79.9. The highest BCUT2D eigenvalue weighted by molar-refractivity contribution is 9.10. The lowest BCUT2D eigenvalue weighted by Crippen LogP contribution is -2.26. The second kappa shape index (κ2) is 3.50. The number of nitrogens with one attached hydrogen (secondary N) is 1. The summed E-state index contributed by atoms with van der Waals surface area (Å²) in [6.45, 7) is 4.45. The van der Waals surface area contributed by atoms with Crippen molar-refractivity contribution < 1.29 is 0 Å². The number of halogens is 2. The molecule has 13 heavy (non-hydrogen) atoms. The lowest BCUT2D eigenvalue weighted by atomic mass is 10.0. The molecule has 2 rings (SSSR count). The van der Waals surface area contributed by atoms with Crippen molar-refractivity contribution >= 4 is 34.0 Å². The molecule has 0 aromatic heterocycles. The quantitative estimate of drug-likeness (QED) is 0.753. The van der Waals surface area contributed by atoms with Gasteiger partial charge in [0.15, 0.2) is 0 Å². The van der Waals surface area contributed by atoms with Gasteiger partial charge in [-0.2, -0.15) is 0 Å². The second-order valence-electron chi connectivity index (χ2n) is 3.99. The van der Waals surface area contributed by atoms with Crippen LogP contribution in [0.15, 0.2) is 22.7 Å². The number of benzene rings is 1. The normalized spacial score (nSPS) is 17.2. The van der Waals surface area contributed by atoms with Gasteiger partial charge < -0.3 is 5.32 Å².